The molecule has 1 heterocycles. The Balaban J connectivity index is 2.57. The van der Waals surface area contributed by atoms with E-state index in [0.717, 1.165) is 22.9 Å². The van der Waals surface area contributed by atoms with E-state index in [1.165, 1.54) is 11.1 Å². The molecule has 0 aliphatic rings. The number of aromatic nitrogens is 2. The lowest BCUT2D eigenvalue weighted by Crippen LogP contribution is -2.02. The summed E-state index contributed by atoms with van der Waals surface area (Å²) >= 11 is 0. The van der Waals surface area contributed by atoms with Crippen LogP contribution in [-0.2, 0) is 7.05 Å². The number of imidazole rings is 1. The van der Waals surface area contributed by atoms with Gasteiger partial charge in [0.15, 0.2) is 0 Å². The molecule has 2 N–H and O–H groups in total. The third kappa shape index (κ3) is 2.01. The number of nitrogen functional groups attached to an aromatic ring is 1. The Labute approximate surface area is 109 Å². The van der Waals surface area contributed by atoms with E-state index in [1.807, 2.05) is 11.6 Å². The topological polar surface area (TPSA) is 43.8 Å². The number of hydrogen-bond acceptors (Lipinski definition) is 2. The summed E-state index contributed by atoms with van der Waals surface area (Å²) in [6.45, 7) is 8.49. The first-order valence-electron chi connectivity index (χ1n) is 6.31. The molecule has 3 nitrogen and oxygen atoms in total. The number of aryl methyl sites for hydroxylation is 2. The summed E-state index contributed by atoms with van der Waals surface area (Å²) in [7, 11) is 1.97. The van der Waals surface area contributed by atoms with Gasteiger partial charge in [-0.25, -0.2) is 4.98 Å². The molecule has 1 aromatic heterocycles. The number of nitrogens with two attached hydrogens (primary N) is 1. The molecule has 0 amide bonds. The lowest BCUT2D eigenvalue weighted by atomic mass is 10.0. The van der Waals surface area contributed by atoms with E-state index >= 15 is 0 Å². The van der Waals surface area contributed by atoms with Crippen molar-refractivity contribution in [2.75, 3.05) is 5.73 Å². The highest BCUT2D eigenvalue weighted by Gasteiger charge is 2.16. The van der Waals surface area contributed by atoms with Crippen LogP contribution in [0.1, 0.15) is 36.7 Å². The van der Waals surface area contributed by atoms with Gasteiger partial charge in [-0.15, -0.1) is 0 Å². The summed E-state index contributed by atoms with van der Waals surface area (Å²) in [6.07, 6.45) is 0. The van der Waals surface area contributed by atoms with Crippen molar-refractivity contribution in [3.05, 3.63) is 35.2 Å². The monoisotopic (exact) mass is 243 g/mol. The van der Waals surface area contributed by atoms with Crippen molar-refractivity contribution in [2.24, 2.45) is 7.05 Å². The maximum Gasteiger partial charge on any atom is 0.131 e. The largest absolute Gasteiger partial charge is 0.383 e. The third-order valence-electron chi connectivity index (χ3n) is 3.47. The maximum atomic E-state index is 6.16. The fraction of sp³-hybridized carbons (Fsp3) is 0.400. The number of rotatable bonds is 2. The van der Waals surface area contributed by atoms with Gasteiger partial charge in [-0.2, -0.15) is 0 Å². The molecule has 3 heteroatoms. The molecule has 0 fully saturated rings. The molecule has 0 aliphatic carbocycles. The van der Waals surface area contributed by atoms with Gasteiger partial charge in [-0.3, -0.25) is 0 Å². The summed E-state index contributed by atoms with van der Waals surface area (Å²) in [5.74, 6) is 2.14. The summed E-state index contributed by atoms with van der Waals surface area (Å²) in [6, 6.07) is 6.36. The highest BCUT2D eigenvalue weighted by molar-refractivity contribution is 5.72. The SMILES string of the molecule is Cc1ccc(-c2nc(C(C)C)n(C)c2N)cc1C. The van der Waals surface area contributed by atoms with Crippen molar-refractivity contribution in [1.29, 1.82) is 0 Å². The molecule has 18 heavy (non-hydrogen) atoms. The van der Waals surface area contributed by atoms with Gasteiger partial charge in [0.1, 0.15) is 17.3 Å². The van der Waals surface area contributed by atoms with Crippen LogP contribution in [0.25, 0.3) is 11.3 Å². The summed E-state index contributed by atoms with van der Waals surface area (Å²) < 4.78 is 1.98. The fourth-order valence-electron chi connectivity index (χ4n) is 2.15. The van der Waals surface area contributed by atoms with Gasteiger partial charge in [0.2, 0.25) is 0 Å². The van der Waals surface area contributed by atoms with Crippen molar-refractivity contribution >= 4 is 5.82 Å². The molecule has 0 aliphatic heterocycles. The molecular weight excluding hydrogens is 222 g/mol. The number of hydrogen-bond donors (Lipinski definition) is 1. The van der Waals surface area contributed by atoms with E-state index in [0.29, 0.717) is 5.92 Å². The summed E-state index contributed by atoms with van der Waals surface area (Å²) in [5, 5.41) is 0. The van der Waals surface area contributed by atoms with Gasteiger partial charge >= 0.3 is 0 Å². The average Bonchev–Trinajstić information content (AvgIpc) is 2.60. The van der Waals surface area contributed by atoms with Crippen LogP contribution in [0.2, 0.25) is 0 Å². The number of nitrogens with zero attached hydrogens (tertiary/aromatic N) is 2. The van der Waals surface area contributed by atoms with E-state index in [9.17, 15) is 0 Å². The Bertz CT molecular complexity index is 580. The summed E-state index contributed by atoms with van der Waals surface area (Å²) in [5.41, 5.74) is 10.7. The van der Waals surface area contributed by atoms with Crippen LogP contribution >= 0.6 is 0 Å². The number of anilines is 1. The van der Waals surface area contributed by atoms with Crippen molar-refractivity contribution in [3.63, 3.8) is 0 Å². The molecule has 2 rings (SSSR count). The van der Waals surface area contributed by atoms with Crippen LogP contribution in [0.15, 0.2) is 18.2 Å². The zero-order valence-corrected chi connectivity index (χ0v) is 11.8. The molecule has 0 saturated carbocycles. The van der Waals surface area contributed by atoms with E-state index in [-0.39, 0.29) is 0 Å². The van der Waals surface area contributed by atoms with Crippen molar-refractivity contribution in [1.82, 2.24) is 9.55 Å². The molecule has 96 valence electrons. The van der Waals surface area contributed by atoms with E-state index < -0.39 is 0 Å². The van der Waals surface area contributed by atoms with Gasteiger partial charge in [-0.05, 0) is 31.0 Å². The second-order valence-electron chi connectivity index (χ2n) is 5.22. The molecule has 0 spiro atoms. The smallest absolute Gasteiger partial charge is 0.131 e. The summed E-state index contributed by atoms with van der Waals surface area (Å²) in [4.78, 5) is 4.69. The Morgan fingerprint density at radius 3 is 2.33 bits per heavy atom. The first-order chi connectivity index (χ1) is 8.41. The van der Waals surface area contributed by atoms with Crippen LogP contribution < -0.4 is 5.73 Å². The van der Waals surface area contributed by atoms with E-state index in [1.54, 1.807) is 0 Å². The molecule has 0 atom stereocenters. The zero-order chi connectivity index (χ0) is 13.4. The predicted octanol–water partition coefficient (Wildman–Crippen LogP) is 3.41. The van der Waals surface area contributed by atoms with Gasteiger partial charge in [0, 0.05) is 18.5 Å². The first kappa shape index (κ1) is 12.7. The Kier molecular flexibility index (Phi) is 3.16. The van der Waals surface area contributed by atoms with Crippen LogP contribution in [0.3, 0.4) is 0 Å². The highest BCUT2D eigenvalue weighted by Crippen LogP contribution is 2.29. The Morgan fingerprint density at radius 1 is 1.17 bits per heavy atom. The van der Waals surface area contributed by atoms with Crippen LogP contribution in [0.5, 0.6) is 0 Å². The minimum atomic E-state index is 0.373. The van der Waals surface area contributed by atoms with E-state index in [4.69, 9.17) is 5.73 Å². The van der Waals surface area contributed by atoms with Crippen molar-refractivity contribution < 1.29 is 0 Å². The highest BCUT2D eigenvalue weighted by atomic mass is 15.1. The van der Waals surface area contributed by atoms with Gasteiger partial charge in [-0.1, -0.05) is 26.0 Å². The molecule has 1 aromatic carbocycles. The van der Waals surface area contributed by atoms with Gasteiger partial charge in [0.25, 0.3) is 0 Å². The van der Waals surface area contributed by atoms with Crippen LogP contribution in [0, 0.1) is 13.8 Å². The first-order valence-corrected chi connectivity index (χ1v) is 6.31. The second-order valence-corrected chi connectivity index (χ2v) is 5.22. The zero-order valence-electron chi connectivity index (χ0n) is 11.8. The standard InChI is InChI=1S/C15H21N3/c1-9(2)15-17-13(14(16)18(15)5)12-7-6-10(3)11(4)8-12/h6-9H,16H2,1-5H3. The van der Waals surface area contributed by atoms with Crippen LogP contribution in [0.4, 0.5) is 5.82 Å². The minimum absolute atomic E-state index is 0.373. The lowest BCUT2D eigenvalue weighted by Gasteiger charge is -2.05. The van der Waals surface area contributed by atoms with Crippen molar-refractivity contribution in [2.45, 2.75) is 33.6 Å². The molecule has 2 aromatic rings. The fourth-order valence-corrected chi connectivity index (χ4v) is 2.15. The lowest BCUT2D eigenvalue weighted by molar-refractivity contribution is 0.715. The van der Waals surface area contributed by atoms with E-state index in [2.05, 4.69) is 50.9 Å². The minimum Gasteiger partial charge on any atom is -0.383 e. The Hall–Kier alpha value is -1.77. The molecule has 0 saturated heterocycles. The third-order valence-corrected chi connectivity index (χ3v) is 3.47. The second kappa shape index (κ2) is 4.48. The van der Waals surface area contributed by atoms with Gasteiger partial charge < -0.3 is 10.3 Å². The normalized spacial score (nSPS) is 11.2. The molecule has 0 bridgehead atoms. The van der Waals surface area contributed by atoms with Gasteiger partial charge in [0.05, 0.1) is 0 Å². The average molecular weight is 243 g/mol. The maximum absolute atomic E-state index is 6.16. The predicted molar refractivity (Wildman–Crippen MR) is 76.6 cm³/mol. The molecule has 0 radical (unpaired) electrons. The van der Waals surface area contributed by atoms with Crippen molar-refractivity contribution in [3.8, 4) is 11.3 Å². The Morgan fingerprint density at radius 2 is 1.83 bits per heavy atom. The molecule has 0 unspecified atom stereocenters. The number of benzene rings is 1. The quantitative estimate of drug-likeness (QED) is 0.878. The molecular formula is C15H21N3. The van der Waals surface area contributed by atoms with Crippen LogP contribution in [-0.4, -0.2) is 9.55 Å².